The summed E-state index contributed by atoms with van der Waals surface area (Å²) in [5.41, 5.74) is 0.804. The number of amides is 1. The van der Waals surface area contributed by atoms with Gasteiger partial charge in [0.25, 0.3) is 0 Å². The van der Waals surface area contributed by atoms with Crippen LogP contribution in [0, 0.1) is 6.92 Å². The van der Waals surface area contributed by atoms with Crippen molar-refractivity contribution in [1.82, 2.24) is 19.9 Å². The molecule has 2 aromatic heterocycles. The summed E-state index contributed by atoms with van der Waals surface area (Å²) in [5, 5.41) is 2.12. The van der Waals surface area contributed by atoms with Gasteiger partial charge in [0.15, 0.2) is 5.82 Å². The standard InChI is InChI=1S/C23H22ClF3N6O/c1-15-12-20(31-22(29-15)16-4-6-28-7-5-16)33-10-8-32(9-11-33)14-21(34)30-17-2-3-19(24)18(13-17)23(25,26)27/h2-7,12-13H,8-11,14H2,1H3,(H,30,34). The molecule has 1 aromatic carbocycles. The van der Waals surface area contributed by atoms with E-state index in [4.69, 9.17) is 16.6 Å². The highest BCUT2D eigenvalue weighted by molar-refractivity contribution is 6.31. The van der Waals surface area contributed by atoms with Crippen LogP contribution in [0.4, 0.5) is 24.7 Å². The van der Waals surface area contributed by atoms with Crippen LogP contribution in [-0.4, -0.2) is 58.5 Å². The molecule has 7 nitrogen and oxygen atoms in total. The third-order valence-electron chi connectivity index (χ3n) is 5.40. The van der Waals surface area contributed by atoms with Crippen LogP contribution in [-0.2, 0) is 11.0 Å². The summed E-state index contributed by atoms with van der Waals surface area (Å²) < 4.78 is 39.1. The second-order valence-corrected chi connectivity index (χ2v) is 8.34. The predicted octanol–water partition coefficient (Wildman–Crippen LogP) is 4.28. The van der Waals surface area contributed by atoms with E-state index in [-0.39, 0.29) is 18.1 Å². The highest BCUT2D eigenvalue weighted by Gasteiger charge is 2.33. The molecule has 1 fully saturated rings. The summed E-state index contributed by atoms with van der Waals surface area (Å²) >= 11 is 5.63. The average Bonchev–Trinajstić information content (AvgIpc) is 2.80. The Kier molecular flexibility index (Phi) is 6.99. The molecule has 0 saturated carbocycles. The van der Waals surface area contributed by atoms with Gasteiger partial charge in [0.1, 0.15) is 5.82 Å². The zero-order valence-corrected chi connectivity index (χ0v) is 19.1. The number of carbonyl (C=O) groups is 1. The first-order valence-corrected chi connectivity index (χ1v) is 11.0. The number of rotatable bonds is 5. The van der Waals surface area contributed by atoms with Gasteiger partial charge in [-0.05, 0) is 37.3 Å². The van der Waals surface area contributed by atoms with E-state index in [0.717, 1.165) is 29.2 Å². The van der Waals surface area contributed by atoms with Crippen LogP contribution in [0.5, 0.6) is 0 Å². The zero-order chi connectivity index (χ0) is 24.3. The fraction of sp³-hybridized carbons (Fsp3) is 0.304. The average molecular weight is 491 g/mol. The van der Waals surface area contributed by atoms with Crippen LogP contribution in [0.25, 0.3) is 11.4 Å². The predicted molar refractivity (Wildman–Crippen MR) is 124 cm³/mol. The van der Waals surface area contributed by atoms with Gasteiger partial charge in [-0.2, -0.15) is 13.2 Å². The number of piperazine rings is 1. The Morgan fingerprint density at radius 2 is 1.76 bits per heavy atom. The van der Waals surface area contributed by atoms with Gasteiger partial charge in [0.2, 0.25) is 5.91 Å². The van der Waals surface area contributed by atoms with E-state index in [9.17, 15) is 18.0 Å². The maximum Gasteiger partial charge on any atom is 0.417 e. The van der Waals surface area contributed by atoms with Gasteiger partial charge in [-0.1, -0.05) is 11.6 Å². The molecule has 34 heavy (non-hydrogen) atoms. The number of hydrogen-bond donors (Lipinski definition) is 1. The van der Waals surface area contributed by atoms with Gasteiger partial charge >= 0.3 is 6.18 Å². The van der Waals surface area contributed by atoms with E-state index >= 15 is 0 Å². The fourth-order valence-electron chi connectivity index (χ4n) is 3.70. The maximum atomic E-state index is 13.0. The molecule has 0 bridgehead atoms. The largest absolute Gasteiger partial charge is 0.417 e. The van der Waals surface area contributed by atoms with Crippen molar-refractivity contribution >= 4 is 29.0 Å². The molecule has 1 amide bonds. The molecule has 3 aromatic rings. The lowest BCUT2D eigenvalue weighted by molar-refractivity contribution is -0.137. The first-order valence-electron chi connectivity index (χ1n) is 10.6. The topological polar surface area (TPSA) is 74.2 Å². The molecule has 178 valence electrons. The van der Waals surface area contributed by atoms with Gasteiger partial charge in [0, 0.05) is 61.6 Å². The highest BCUT2D eigenvalue weighted by atomic mass is 35.5. The van der Waals surface area contributed by atoms with E-state index in [1.54, 1.807) is 12.4 Å². The number of hydrogen-bond acceptors (Lipinski definition) is 6. The monoisotopic (exact) mass is 490 g/mol. The Balaban J connectivity index is 1.35. The molecule has 1 aliphatic rings. The number of halogens is 4. The van der Waals surface area contributed by atoms with Crippen molar-refractivity contribution in [3.8, 4) is 11.4 Å². The third kappa shape index (κ3) is 5.81. The van der Waals surface area contributed by atoms with E-state index < -0.39 is 16.8 Å². The van der Waals surface area contributed by atoms with Gasteiger partial charge < -0.3 is 10.2 Å². The van der Waals surface area contributed by atoms with Crippen molar-refractivity contribution in [1.29, 1.82) is 0 Å². The molecule has 1 aliphatic heterocycles. The first-order chi connectivity index (χ1) is 16.2. The number of anilines is 2. The maximum absolute atomic E-state index is 13.0. The lowest BCUT2D eigenvalue weighted by Crippen LogP contribution is -2.49. The molecule has 0 radical (unpaired) electrons. The number of benzene rings is 1. The molecule has 4 rings (SSSR count). The van der Waals surface area contributed by atoms with E-state index in [1.165, 1.54) is 6.07 Å². The second kappa shape index (κ2) is 9.94. The lowest BCUT2D eigenvalue weighted by atomic mass is 10.2. The summed E-state index contributed by atoms with van der Waals surface area (Å²) in [6.45, 7) is 4.50. The fourth-order valence-corrected chi connectivity index (χ4v) is 3.93. The summed E-state index contributed by atoms with van der Waals surface area (Å²) in [7, 11) is 0. The van der Waals surface area contributed by atoms with Crippen LogP contribution in [0.3, 0.4) is 0 Å². The van der Waals surface area contributed by atoms with Crippen molar-refractivity contribution in [2.75, 3.05) is 42.9 Å². The molecule has 0 atom stereocenters. The number of nitrogens with zero attached hydrogens (tertiary/aromatic N) is 5. The minimum atomic E-state index is -4.59. The third-order valence-corrected chi connectivity index (χ3v) is 5.73. The molecule has 1 N–H and O–H groups in total. The molecule has 11 heteroatoms. The van der Waals surface area contributed by atoms with Crippen LogP contribution in [0.15, 0.2) is 48.8 Å². The molecule has 0 unspecified atom stereocenters. The summed E-state index contributed by atoms with van der Waals surface area (Å²) in [6.07, 6.45) is -1.21. The minimum Gasteiger partial charge on any atom is -0.354 e. The van der Waals surface area contributed by atoms with Crippen LogP contribution in [0.1, 0.15) is 11.3 Å². The van der Waals surface area contributed by atoms with Gasteiger partial charge in [-0.25, -0.2) is 9.97 Å². The molecule has 1 saturated heterocycles. The van der Waals surface area contributed by atoms with E-state index in [0.29, 0.717) is 32.0 Å². The van der Waals surface area contributed by atoms with Crippen molar-refractivity contribution in [2.45, 2.75) is 13.1 Å². The van der Waals surface area contributed by atoms with Gasteiger partial charge in [0.05, 0.1) is 17.1 Å². The van der Waals surface area contributed by atoms with Gasteiger partial charge in [-0.15, -0.1) is 0 Å². The van der Waals surface area contributed by atoms with Crippen molar-refractivity contribution in [2.24, 2.45) is 0 Å². The zero-order valence-electron chi connectivity index (χ0n) is 18.3. The number of alkyl halides is 3. The molecule has 0 aliphatic carbocycles. The Labute approximate surface area is 199 Å². The van der Waals surface area contributed by atoms with Crippen molar-refractivity contribution in [3.63, 3.8) is 0 Å². The SMILES string of the molecule is Cc1cc(N2CCN(CC(=O)Nc3ccc(Cl)c(C(F)(F)F)c3)CC2)nc(-c2ccncc2)n1. The number of aromatic nitrogens is 3. The second-order valence-electron chi connectivity index (χ2n) is 7.93. The van der Waals surface area contributed by atoms with E-state index in [2.05, 4.69) is 20.2 Å². The van der Waals surface area contributed by atoms with Crippen molar-refractivity contribution in [3.05, 3.63) is 65.1 Å². The number of aryl methyl sites for hydroxylation is 1. The minimum absolute atomic E-state index is 0.0560. The lowest BCUT2D eigenvalue weighted by Gasteiger charge is -2.35. The number of nitrogens with one attached hydrogen (secondary N) is 1. The first kappa shape index (κ1) is 23.9. The Morgan fingerprint density at radius 3 is 2.44 bits per heavy atom. The molecule has 0 spiro atoms. The number of carbonyl (C=O) groups excluding carboxylic acids is 1. The quantitative estimate of drug-likeness (QED) is 0.575. The van der Waals surface area contributed by atoms with E-state index in [1.807, 2.05) is 30.0 Å². The Hall–Kier alpha value is -3.24. The Morgan fingerprint density at radius 1 is 1.06 bits per heavy atom. The van der Waals surface area contributed by atoms with Crippen LogP contribution >= 0.6 is 11.6 Å². The van der Waals surface area contributed by atoms with Gasteiger partial charge in [-0.3, -0.25) is 14.7 Å². The molecular weight excluding hydrogens is 469 g/mol. The molecular formula is C23H22ClF3N6O. The number of pyridine rings is 1. The van der Waals surface area contributed by atoms with Crippen LogP contribution in [0.2, 0.25) is 5.02 Å². The smallest absolute Gasteiger partial charge is 0.354 e. The summed E-state index contributed by atoms with van der Waals surface area (Å²) in [5.74, 6) is 1.05. The normalized spacial score (nSPS) is 14.8. The Bertz CT molecular complexity index is 1170. The van der Waals surface area contributed by atoms with Crippen LogP contribution < -0.4 is 10.2 Å². The highest BCUT2D eigenvalue weighted by Crippen LogP contribution is 2.36. The van der Waals surface area contributed by atoms with Crippen molar-refractivity contribution < 1.29 is 18.0 Å². The summed E-state index contributed by atoms with van der Waals surface area (Å²) in [6, 6.07) is 8.96. The summed E-state index contributed by atoms with van der Waals surface area (Å²) in [4.78, 5) is 29.7. The molecule has 3 heterocycles.